The number of nitrogens with zero attached hydrogens (tertiary/aromatic N) is 1. The second-order valence-corrected chi connectivity index (χ2v) is 4.66. The van der Waals surface area contributed by atoms with Crippen molar-refractivity contribution in [2.24, 2.45) is 0 Å². The molecular formula is C12H16N2OS. The summed E-state index contributed by atoms with van der Waals surface area (Å²) in [4.78, 5) is 0. The smallest absolute Gasteiger partial charge is 0.142 e. The lowest BCUT2D eigenvalue weighted by Crippen LogP contribution is -2.01. The van der Waals surface area contributed by atoms with Gasteiger partial charge in [-0.25, -0.2) is 0 Å². The van der Waals surface area contributed by atoms with E-state index in [1.165, 1.54) is 0 Å². The predicted octanol–water partition coefficient (Wildman–Crippen LogP) is 2.66. The SMILES string of the molecule is CCSCCCOc1ccc(C#N)cc1N. The second kappa shape index (κ2) is 7.02. The predicted molar refractivity (Wildman–Crippen MR) is 68.7 cm³/mol. The maximum atomic E-state index is 8.68. The minimum Gasteiger partial charge on any atom is -0.491 e. The number of rotatable bonds is 6. The number of ether oxygens (including phenoxy) is 1. The molecule has 0 saturated carbocycles. The van der Waals surface area contributed by atoms with Crippen molar-refractivity contribution in [3.05, 3.63) is 23.8 Å². The Morgan fingerprint density at radius 1 is 1.50 bits per heavy atom. The van der Waals surface area contributed by atoms with Crippen LogP contribution in [-0.4, -0.2) is 18.1 Å². The van der Waals surface area contributed by atoms with Crippen molar-refractivity contribution >= 4 is 17.4 Å². The molecule has 0 aliphatic rings. The number of anilines is 1. The highest BCUT2D eigenvalue weighted by molar-refractivity contribution is 7.99. The summed E-state index contributed by atoms with van der Waals surface area (Å²) in [5.41, 5.74) is 6.85. The zero-order valence-corrected chi connectivity index (χ0v) is 10.2. The van der Waals surface area contributed by atoms with Crippen molar-refractivity contribution in [1.29, 1.82) is 5.26 Å². The molecule has 0 aliphatic carbocycles. The van der Waals surface area contributed by atoms with Gasteiger partial charge in [-0.1, -0.05) is 6.92 Å². The van der Waals surface area contributed by atoms with Crippen LogP contribution in [0.4, 0.5) is 5.69 Å². The molecule has 0 saturated heterocycles. The fraction of sp³-hybridized carbons (Fsp3) is 0.417. The molecule has 0 amide bonds. The third-order valence-electron chi connectivity index (χ3n) is 2.03. The Balaban J connectivity index is 2.40. The van der Waals surface area contributed by atoms with Crippen LogP contribution in [0.1, 0.15) is 18.9 Å². The molecule has 0 spiro atoms. The third-order valence-corrected chi connectivity index (χ3v) is 3.02. The topological polar surface area (TPSA) is 59.0 Å². The molecule has 1 aromatic carbocycles. The lowest BCUT2D eigenvalue weighted by molar-refractivity contribution is 0.320. The van der Waals surface area contributed by atoms with Crippen molar-refractivity contribution < 1.29 is 4.74 Å². The average Bonchev–Trinajstić information content (AvgIpc) is 2.30. The van der Waals surface area contributed by atoms with Crippen LogP contribution in [0.5, 0.6) is 5.75 Å². The minimum atomic E-state index is 0.530. The molecule has 0 heterocycles. The first-order chi connectivity index (χ1) is 7.77. The summed E-state index contributed by atoms with van der Waals surface area (Å²) in [5.74, 6) is 2.91. The van der Waals surface area contributed by atoms with Gasteiger partial charge in [0.05, 0.1) is 23.9 Å². The Hall–Kier alpha value is -1.34. The molecule has 0 atom stereocenters. The van der Waals surface area contributed by atoms with Gasteiger partial charge in [0.2, 0.25) is 0 Å². The van der Waals surface area contributed by atoms with E-state index in [0.29, 0.717) is 23.6 Å². The van der Waals surface area contributed by atoms with Gasteiger partial charge in [-0.05, 0) is 36.1 Å². The van der Waals surface area contributed by atoms with Crippen LogP contribution in [0.25, 0.3) is 0 Å². The van der Waals surface area contributed by atoms with E-state index in [2.05, 4.69) is 6.92 Å². The van der Waals surface area contributed by atoms with Crippen LogP contribution in [0, 0.1) is 11.3 Å². The van der Waals surface area contributed by atoms with Crippen molar-refractivity contribution in [3.63, 3.8) is 0 Å². The molecule has 2 N–H and O–H groups in total. The number of hydrogen-bond acceptors (Lipinski definition) is 4. The lowest BCUT2D eigenvalue weighted by atomic mass is 10.2. The summed E-state index contributed by atoms with van der Waals surface area (Å²) in [6.07, 6.45) is 1.01. The molecule has 0 unspecified atom stereocenters. The van der Waals surface area contributed by atoms with Crippen molar-refractivity contribution in [1.82, 2.24) is 0 Å². The third kappa shape index (κ3) is 4.03. The lowest BCUT2D eigenvalue weighted by Gasteiger charge is -2.08. The fourth-order valence-electron chi connectivity index (χ4n) is 1.24. The Morgan fingerprint density at radius 3 is 2.94 bits per heavy atom. The minimum absolute atomic E-state index is 0.530. The molecule has 3 nitrogen and oxygen atoms in total. The molecule has 1 aromatic rings. The first-order valence-corrected chi connectivity index (χ1v) is 6.43. The van der Waals surface area contributed by atoms with Gasteiger partial charge < -0.3 is 10.5 Å². The van der Waals surface area contributed by atoms with E-state index in [-0.39, 0.29) is 0 Å². The average molecular weight is 236 g/mol. The molecule has 4 heteroatoms. The zero-order chi connectivity index (χ0) is 11.8. The summed E-state index contributed by atoms with van der Waals surface area (Å²) >= 11 is 1.90. The van der Waals surface area contributed by atoms with E-state index in [9.17, 15) is 0 Å². The number of nitrogen functional groups attached to an aromatic ring is 1. The molecule has 1 rings (SSSR count). The molecule has 0 bridgehead atoms. The molecule has 0 aliphatic heterocycles. The van der Waals surface area contributed by atoms with Crippen LogP contribution in [0.2, 0.25) is 0 Å². The van der Waals surface area contributed by atoms with Gasteiger partial charge >= 0.3 is 0 Å². The van der Waals surface area contributed by atoms with Gasteiger partial charge in [-0.2, -0.15) is 17.0 Å². The Morgan fingerprint density at radius 2 is 2.31 bits per heavy atom. The highest BCUT2D eigenvalue weighted by Crippen LogP contribution is 2.22. The van der Waals surface area contributed by atoms with Crippen molar-refractivity contribution in [3.8, 4) is 11.8 Å². The number of nitrogens with two attached hydrogens (primary N) is 1. The van der Waals surface area contributed by atoms with E-state index < -0.39 is 0 Å². The zero-order valence-electron chi connectivity index (χ0n) is 9.40. The van der Waals surface area contributed by atoms with E-state index >= 15 is 0 Å². The second-order valence-electron chi connectivity index (χ2n) is 3.26. The van der Waals surface area contributed by atoms with Gasteiger partial charge in [-0.15, -0.1) is 0 Å². The first kappa shape index (κ1) is 12.7. The number of nitriles is 1. The maximum absolute atomic E-state index is 8.68. The summed E-state index contributed by atoms with van der Waals surface area (Å²) in [7, 11) is 0. The summed E-state index contributed by atoms with van der Waals surface area (Å²) in [6.45, 7) is 2.81. The monoisotopic (exact) mass is 236 g/mol. The maximum Gasteiger partial charge on any atom is 0.142 e. The summed E-state index contributed by atoms with van der Waals surface area (Å²) in [5, 5.41) is 8.68. The summed E-state index contributed by atoms with van der Waals surface area (Å²) in [6, 6.07) is 7.14. The van der Waals surface area contributed by atoms with E-state index in [1.54, 1.807) is 18.2 Å². The van der Waals surface area contributed by atoms with Crippen LogP contribution in [0.3, 0.4) is 0 Å². The van der Waals surface area contributed by atoms with Crippen LogP contribution in [-0.2, 0) is 0 Å². The molecule has 0 radical (unpaired) electrons. The normalized spacial score (nSPS) is 9.75. The van der Waals surface area contributed by atoms with Gasteiger partial charge in [0.1, 0.15) is 5.75 Å². The van der Waals surface area contributed by atoms with Crippen LogP contribution >= 0.6 is 11.8 Å². The Labute approximate surface area is 101 Å². The van der Waals surface area contributed by atoms with Gasteiger partial charge in [0, 0.05) is 0 Å². The van der Waals surface area contributed by atoms with E-state index in [0.717, 1.165) is 17.9 Å². The van der Waals surface area contributed by atoms with Gasteiger partial charge in [-0.3, -0.25) is 0 Å². The molecule has 86 valence electrons. The van der Waals surface area contributed by atoms with Gasteiger partial charge in [0.25, 0.3) is 0 Å². The number of hydrogen-bond donors (Lipinski definition) is 1. The molecule has 0 aromatic heterocycles. The standard InChI is InChI=1S/C12H16N2OS/c1-2-16-7-3-6-15-12-5-4-10(9-13)8-11(12)14/h4-5,8H,2-3,6-7,14H2,1H3. The Kier molecular flexibility index (Phi) is 5.58. The van der Waals surface area contributed by atoms with Crippen molar-refractivity contribution in [2.75, 3.05) is 23.8 Å². The first-order valence-electron chi connectivity index (χ1n) is 5.28. The number of thioether (sulfide) groups is 1. The quantitative estimate of drug-likeness (QED) is 0.609. The summed E-state index contributed by atoms with van der Waals surface area (Å²) < 4.78 is 5.54. The number of benzene rings is 1. The molecule has 16 heavy (non-hydrogen) atoms. The largest absolute Gasteiger partial charge is 0.491 e. The van der Waals surface area contributed by atoms with E-state index in [4.69, 9.17) is 15.7 Å². The van der Waals surface area contributed by atoms with E-state index in [1.807, 2.05) is 17.8 Å². The fourth-order valence-corrected chi connectivity index (χ4v) is 1.85. The van der Waals surface area contributed by atoms with Crippen LogP contribution in [0.15, 0.2) is 18.2 Å². The highest BCUT2D eigenvalue weighted by Gasteiger charge is 2.01. The van der Waals surface area contributed by atoms with Crippen molar-refractivity contribution in [2.45, 2.75) is 13.3 Å². The molecule has 0 fully saturated rings. The highest BCUT2D eigenvalue weighted by atomic mass is 32.2. The Bertz CT molecular complexity index is 374. The van der Waals surface area contributed by atoms with Gasteiger partial charge in [0.15, 0.2) is 0 Å². The van der Waals surface area contributed by atoms with Crippen LogP contribution < -0.4 is 10.5 Å². The molecular weight excluding hydrogens is 220 g/mol.